The molecule has 2 aromatic rings. The van der Waals surface area contributed by atoms with Crippen LogP contribution in [0.1, 0.15) is 48.7 Å². The van der Waals surface area contributed by atoms with Crippen molar-refractivity contribution in [1.29, 1.82) is 0 Å². The maximum atomic E-state index is 12.8. The van der Waals surface area contributed by atoms with Crippen LogP contribution < -0.4 is 10.6 Å². The van der Waals surface area contributed by atoms with Crippen LogP contribution in [0.2, 0.25) is 5.02 Å². The minimum absolute atomic E-state index is 0.0953. The molecule has 1 heterocycles. The molecule has 1 saturated heterocycles. The fourth-order valence-electron chi connectivity index (χ4n) is 4.07. The van der Waals surface area contributed by atoms with E-state index in [-0.39, 0.29) is 30.4 Å². The van der Waals surface area contributed by atoms with Gasteiger partial charge in [0.2, 0.25) is 5.91 Å². The van der Waals surface area contributed by atoms with E-state index in [1.54, 1.807) is 24.3 Å². The molecule has 2 aromatic carbocycles. The third-order valence-electron chi connectivity index (χ3n) is 5.48. The van der Waals surface area contributed by atoms with Crippen LogP contribution in [-0.4, -0.2) is 55.1 Å². The SMILES string of the molecule is CC1CN(CCCNC(=O)CC(NC(=O)c2ccccc2Cl)c2ccccc2)CC(C)O1. The Hall–Kier alpha value is -2.41. The Balaban J connectivity index is 1.52. The normalized spacial score (nSPS) is 19.8. The molecule has 0 radical (unpaired) electrons. The van der Waals surface area contributed by atoms with Crippen molar-refractivity contribution in [3.05, 3.63) is 70.7 Å². The summed E-state index contributed by atoms with van der Waals surface area (Å²) in [5.74, 6) is -0.394. The molecule has 32 heavy (non-hydrogen) atoms. The van der Waals surface area contributed by atoms with Crippen LogP contribution in [0, 0.1) is 0 Å². The molecule has 1 aliphatic heterocycles. The molecule has 3 rings (SSSR count). The lowest BCUT2D eigenvalue weighted by atomic mass is 10.0. The zero-order chi connectivity index (χ0) is 22.9. The fourth-order valence-corrected chi connectivity index (χ4v) is 4.30. The maximum Gasteiger partial charge on any atom is 0.253 e. The summed E-state index contributed by atoms with van der Waals surface area (Å²) < 4.78 is 5.76. The number of ether oxygens (including phenoxy) is 1. The molecule has 0 aliphatic carbocycles. The first-order chi connectivity index (χ1) is 15.4. The molecule has 1 fully saturated rings. The molecule has 3 unspecified atom stereocenters. The number of hydrogen-bond acceptors (Lipinski definition) is 4. The van der Waals surface area contributed by atoms with Gasteiger partial charge in [0, 0.05) is 26.2 Å². The van der Waals surface area contributed by atoms with Gasteiger partial charge in [0.25, 0.3) is 5.91 Å². The van der Waals surface area contributed by atoms with Crippen molar-refractivity contribution in [1.82, 2.24) is 15.5 Å². The molecule has 3 atom stereocenters. The zero-order valence-electron chi connectivity index (χ0n) is 18.7. The molecule has 7 heteroatoms. The molecule has 0 saturated carbocycles. The Labute approximate surface area is 195 Å². The highest BCUT2D eigenvalue weighted by molar-refractivity contribution is 6.33. The molecule has 2 N–H and O–H groups in total. The van der Waals surface area contributed by atoms with E-state index in [1.807, 2.05) is 30.3 Å². The number of carbonyl (C=O) groups excluding carboxylic acids is 2. The number of halogens is 1. The predicted octanol–water partition coefficient (Wildman–Crippen LogP) is 3.82. The zero-order valence-corrected chi connectivity index (χ0v) is 19.5. The van der Waals surface area contributed by atoms with Crippen LogP contribution in [0.3, 0.4) is 0 Å². The average molecular weight is 458 g/mol. The Bertz CT molecular complexity index is 883. The Kier molecular flexibility index (Phi) is 9.09. The second-order valence-electron chi connectivity index (χ2n) is 8.34. The lowest BCUT2D eigenvalue weighted by molar-refractivity contribution is -0.121. The van der Waals surface area contributed by atoms with Crippen molar-refractivity contribution in [3.63, 3.8) is 0 Å². The standard InChI is InChI=1S/C25H32ClN3O3/c1-18-16-29(17-19(2)32-18)14-8-13-27-24(30)15-23(20-9-4-3-5-10-20)28-25(31)21-11-6-7-12-22(21)26/h3-7,9-12,18-19,23H,8,13-17H2,1-2H3,(H,27,30)(H,28,31). The van der Waals surface area contributed by atoms with Crippen molar-refractivity contribution in [2.24, 2.45) is 0 Å². The summed E-state index contributed by atoms with van der Waals surface area (Å²) in [6.07, 6.45) is 1.50. The van der Waals surface area contributed by atoms with Crippen LogP contribution in [0.25, 0.3) is 0 Å². The highest BCUT2D eigenvalue weighted by atomic mass is 35.5. The summed E-state index contributed by atoms with van der Waals surface area (Å²) >= 11 is 6.17. The molecule has 1 aliphatic rings. The lowest BCUT2D eigenvalue weighted by Crippen LogP contribution is -2.46. The van der Waals surface area contributed by atoms with E-state index in [4.69, 9.17) is 16.3 Å². The number of amides is 2. The second kappa shape index (κ2) is 12.0. The number of morpholine rings is 1. The molecule has 172 valence electrons. The highest BCUT2D eigenvalue weighted by Crippen LogP contribution is 2.20. The van der Waals surface area contributed by atoms with Gasteiger partial charge < -0.3 is 15.4 Å². The monoisotopic (exact) mass is 457 g/mol. The van der Waals surface area contributed by atoms with Gasteiger partial charge in [0.1, 0.15) is 0 Å². The molecule has 0 aromatic heterocycles. The van der Waals surface area contributed by atoms with Gasteiger partial charge in [0.05, 0.1) is 35.3 Å². The molecular formula is C25H32ClN3O3. The van der Waals surface area contributed by atoms with Gasteiger partial charge in [-0.15, -0.1) is 0 Å². The van der Waals surface area contributed by atoms with E-state index in [1.165, 1.54) is 0 Å². The molecular weight excluding hydrogens is 426 g/mol. The van der Waals surface area contributed by atoms with E-state index >= 15 is 0 Å². The summed E-state index contributed by atoms with van der Waals surface area (Å²) in [4.78, 5) is 27.8. The quantitative estimate of drug-likeness (QED) is 0.561. The Morgan fingerprint density at radius 3 is 2.41 bits per heavy atom. The minimum Gasteiger partial charge on any atom is -0.373 e. The van der Waals surface area contributed by atoms with Gasteiger partial charge in [-0.2, -0.15) is 0 Å². The van der Waals surface area contributed by atoms with E-state index in [2.05, 4.69) is 29.4 Å². The summed E-state index contributed by atoms with van der Waals surface area (Å²) in [5.41, 5.74) is 1.27. The molecule has 0 spiro atoms. The summed E-state index contributed by atoms with van der Waals surface area (Å²) in [6, 6.07) is 16.0. The van der Waals surface area contributed by atoms with Crippen LogP contribution in [-0.2, 0) is 9.53 Å². The lowest BCUT2D eigenvalue weighted by Gasteiger charge is -2.35. The van der Waals surface area contributed by atoms with Crippen LogP contribution in [0.15, 0.2) is 54.6 Å². The first kappa shape index (κ1) is 24.2. The molecule has 6 nitrogen and oxygen atoms in total. The largest absolute Gasteiger partial charge is 0.373 e. The van der Waals surface area contributed by atoms with Crippen LogP contribution in [0.5, 0.6) is 0 Å². The molecule has 0 bridgehead atoms. The number of nitrogens with one attached hydrogen (secondary N) is 2. The summed E-state index contributed by atoms with van der Waals surface area (Å²) in [5, 5.41) is 6.34. The summed E-state index contributed by atoms with van der Waals surface area (Å²) in [7, 11) is 0. The first-order valence-electron chi connectivity index (χ1n) is 11.2. The van der Waals surface area contributed by atoms with E-state index in [0.717, 1.165) is 31.6 Å². The highest BCUT2D eigenvalue weighted by Gasteiger charge is 2.22. The third kappa shape index (κ3) is 7.33. The van der Waals surface area contributed by atoms with Crippen molar-refractivity contribution in [3.8, 4) is 0 Å². The topological polar surface area (TPSA) is 70.7 Å². The first-order valence-corrected chi connectivity index (χ1v) is 11.5. The maximum absolute atomic E-state index is 12.8. The number of benzene rings is 2. The number of nitrogens with zero attached hydrogens (tertiary/aromatic N) is 1. The van der Waals surface area contributed by atoms with Gasteiger partial charge in [-0.3, -0.25) is 14.5 Å². The van der Waals surface area contributed by atoms with Gasteiger partial charge in [-0.25, -0.2) is 0 Å². The van der Waals surface area contributed by atoms with E-state index < -0.39 is 6.04 Å². The number of carbonyl (C=O) groups is 2. The summed E-state index contributed by atoms with van der Waals surface area (Å²) in [6.45, 7) is 7.53. The number of hydrogen-bond donors (Lipinski definition) is 2. The van der Waals surface area contributed by atoms with E-state index in [0.29, 0.717) is 17.1 Å². The van der Waals surface area contributed by atoms with Crippen molar-refractivity contribution in [2.75, 3.05) is 26.2 Å². The van der Waals surface area contributed by atoms with Gasteiger partial charge in [0.15, 0.2) is 0 Å². The third-order valence-corrected chi connectivity index (χ3v) is 5.81. The Morgan fingerprint density at radius 2 is 1.72 bits per heavy atom. The van der Waals surface area contributed by atoms with E-state index in [9.17, 15) is 9.59 Å². The smallest absolute Gasteiger partial charge is 0.253 e. The fraction of sp³-hybridized carbons (Fsp3) is 0.440. The Morgan fingerprint density at radius 1 is 1.06 bits per heavy atom. The van der Waals surface area contributed by atoms with Gasteiger partial charge >= 0.3 is 0 Å². The van der Waals surface area contributed by atoms with Crippen molar-refractivity contribution < 1.29 is 14.3 Å². The van der Waals surface area contributed by atoms with Crippen LogP contribution >= 0.6 is 11.6 Å². The molecule has 2 amide bonds. The average Bonchev–Trinajstić information content (AvgIpc) is 2.76. The van der Waals surface area contributed by atoms with Gasteiger partial charge in [-0.1, -0.05) is 54.1 Å². The predicted molar refractivity (Wildman–Crippen MR) is 127 cm³/mol. The van der Waals surface area contributed by atoms with Crippen molar-refractivity contribution >= 4 is 23.4 Å². The van der Waals surface area contributed by atoms with Gasteiger partial charge in [-0.05, 0) is 38.0 Å². The van der Waals surface area contributed by atoms with Crippen LogP contribution in [0.4, 0.5) is 0 Å². The van der Waals surface area contributed by atoms with Crippen molar-refractivity contribution in [2.45, 2.75) is 44.9 Å². The number of rotatable bonds is 9. The second-order valence-corrected chi connectivity index (χ2v) is 8.75. The minimum atomic E-state index is -0.444.